The monoisotopic (exact) mass is 233 g/mol. The van der Waals surface area contributed by atoms with Crippen molar-refractivity contribution in [3.63, 3.8) is 0 Å². The standard InChI is InChI=1S/C9H10F3N3O/c10-4-1-5(11)8(12)7(2-4)15-3-6(13)9(14)16/h1-2,6,15H,3,13H2,(H2,14,16). The highest BCUT2D eigenvalue weighted by Crippen LogP contribution is 2.18. The summed E-state index contributed by atoms with van der Waals surface area (Å²) in [4.78, 5) is 10.6. The minimum atomic E-state index is -1.32. The number of carbonyl (C=O) groups excluding carboxylic acids is 1. The van der Waals surface area contributed by atoms with Gasteiger partial charge >= 0.3 is 0 Å². The van der Waals surface area contributed by atoms with Gasteiger partial charge < -0.3 is 16.8 Å². The Morgan fingerprint density at radius 2 is 2.00 bits per heavy atom. The van der Waals surface area contributed by atoms with Crippen LogP contribution in [0.2, 0.25) is 0 Å². The average molecular weight is 233 g/mol. The molecule has 0 saturated carbocycles. The molecule has 0 aromatic heterocycles. The summed E-state index contributed by atoms with van der Waals surface area (Å²) in [7, 11) is 0. The molecule has 0 fully saturated rings. The van der Waals surface area contributed by atoms with Crippen LogP contribution < -0.4 is 16.8 Å². The van der Waals surface area contributed by atoms with E-state index in [-0.39, 0.29) is 6.54 Å². The summed E-state index contributed by atoms with van der Waals surface area (Å²) in [5, 5.41) is 2.29. The highest BCUT2D eigenvalue weighted by Gasteiger charge is 2.13. The lowest BCUT2D eigenvalue weighted by molar-refractivity contribution is -0.118. The van der Waals surface area contributed by atoms with Crippen molar-refractivity contribution in [1.29, 1.82) is 0 Å². The van der Waals surface area contributed by atoms with Gasteiger partial charge in [-0.1, -0.05) is 0 Å². The maximum atomic E-state index is 13.1. The number of amides is 1. The average Bonchev–Trinajstić information content (AvgIpc) is 2.20. The zero-order valence-corrected chi connectivity index (χ0v) is 8.14. The third-order valence-corrected chi connectivity index (χ3v) is 1.87. The molecule has 0 radical (unpaired) electrons. The van der Waals surface area contributed by atoms with E-state index in [0.717, 1.165) is 6.07 Å². The number of hydrogen-bond donors (Lipinski definition) is 3. The van der Waals surface area contributed by atoms with Crippen molar-refractivity contribution in [2.24, 2.45) is 11.5 Å². The molecule has 16 heavy (non-hydrogen) atoms. The first kappa shape index (κ1) is 12.3. The highest BCUT2D eigenvalue weighted by molar-refractivity contribution is 5.80. The van der Waals surface area contributed by atoms with Crippen molar-refractivity contribution < 1.29 is 18.0 Å². The molecule has 0 aliphatic rings. The van der Waals surface area contributed by atoms with Crippen LogP contribution in [-0.2, 0) is 4.79 Å². The molecule has 4 nitrogen and oxygen atoms in total. The Bertz CT molecular complexity index is 411. The fourth-order valence-electron chi connectivity index (χ4n) is 1.01. The number of nitrogens with one attached hydrogen (secondary N) is 1. The normalized spacial score (nSPS) is 12.2. The molecule has 0 aliphatic carbocycles. The molecule has 1 aromatic carbocycles. The van der Waals surface area contributed by atoms with Crippen LogP contribution in [0.3, 0.4) is 0 Å². The number of halogens is 3. The molecule has 1 amide bonds. The maximum absolute atomic E-state index is 13.1. The van der Waals surface area contributed by atoms with Crippen LogP contribution in [0.5, 0.6) is 0 Å². The Balaban J connectivity index is 2.78. The third kappa shape index (κ3) is 2.86. The molecule has 1 unspecified atom stereocenters. The van der Waals surface area contributed by atoms with Gasteiger partial charge in [-0.3, -0.25) is 4.79 Å². The molecule has 5 N–H and O–H groups in total. The van der Waals surface area contributed by atoms with Crippen LogP contribution in [0.25, 0.3) is 0 Å². The predicted octanol–water partition coefficient (Wildman–Crippen LogP) is 0.328. The van der Waals surface area contributed by atoms with Gasteiger partial charge in [0, 0.05) is 18.7 Å². The molecule has 88 valence electrons. The topological polar surface area (TPSA) is 81.1 Å². The Labute approximate surface area is 89.4 Å². The fraction of sp³-hybridized carbons (Fsp3) is 0.222. The molecule has 0 bridgehead atoms. The SMILES string of the molecule is NC(=O)C(N)CNc1cc(F)cc(F)c1F. The van der Waals surface area contributed by atoms with E-state index in [1.165, 1.54) is 0 Å². The van der Waals surface area contributed by atoms with Crippen molar-refractivity contribution >= 4 is 11.6 Å². The number of primary amides is 1. The molecule has 0 aliphatic heterocycles. The Morgan fingerprint density at radius 1 is 1.38 bits per heavy atom. The van der Waals surface area contributed by atoms with E-state index in [1.807, 2.05) is 0 Å². The summed E-state index contributed by atoms with van der Waals surface area (Å²) in [5.74, 6) is -4.30. The number of rotatable bonds is 4. The van der Waals surface area contributed by atoms with Crippen LogP contribution >= 0.6 is 0 Å². The summed E-state index contributed by atoms with van der Waals surface area (Å²) in [5.41, 5.74) is 9.69. The van der Waals surface area contributed by atoms with E-state index < -0.39 is 35.1 Å². The van der Waals surface area contributed by atoms with Crippen LogP contribution in [0.4, 0.5) is 18.9 Å². The first-order chi connectivity index (χ1) is 7.41. The molecule has 1 atom stereocenters. The third-order valence-electron chi connectivity index (χ3n) is 1.87. The quantitative estimate of drug-likeness (QED) is 0.655. The zero-order chi connectivity index (χ0) is 12.3. The second-order valence-corrected chi connectivity index (χ2v) is 3.14. The van der Waals surface area contributed by atoms with E-state index in [0.29, 0.717) is 6.07 Å². The van der Waals surface area contributed by atoms with Gasteiger partial charge in [-0.25, -0.2) is 13.2 Å². The summed E-state index contributed by atoms with van der Waals surface area (Å²) in [6.07, 6.45) is 0. The summed E-state index contributed by atoms with van der Waals surface area (Å²) >= 11 is 0. The fourth-order valence-corrected chi connectivity index (χ4v) is 1.01. The predicted molar refractivity (Wildman–Crippen MR) is 52.0 cm³/mol. The van der Waals surface area contributed by atoms with E-state index >= 15 is 0 Å². The number of carbonyl (C=O) groups is 1. The van der Waals surface area contributed by atoms with Gasteiger partial charge in [0.25, 0.3) is 0 Å². The molecule has 1 rings (SSSR count). The number of hydrogen-bond acceptors (Lipinski definition) is 3. The van der Waals surface area contributed by atoms with Gasteiger partial charge in [-0.15, -0.1) is 0 Å². The maximum Gasteiger partial charge on any atom is 0.236 e. The van der Waals surface area contributed by atoms with Crippen molar-refractivity contribution in [2.75, 3.05) is 11.9 Å². The Kier molecular flexibility index (Phi) is 3.73. The molecular formula is C9H10F3N3O. The van der Waals surface area contributed by atoms with Crippen LogP contribution in [0, 0.1) is 17.5 Å². The lowest BCUT2D eigenvalue weighted by Gasteiger charge is -2.11. The molecule has 0 heterocycles. The Morgan fingerprint density at radius 3 is 2.56 bits per heavy atom. The minimum absolute atomic E-state index is 0.213. The molecule has 7 heteroatoms. The lowest BCUT2D eigenvalue weighted by atomic mass is 10.2. The summed E-state index contributed by atoms with van der Waals surface area (Å²) in [6, 6.07) is 0.103. The minimum Gasteiger partial charge on any atom is -0.380 e. The summed E-state index contributed by atoms with van der Waals surface area (Å²) in [6.45, 7) is -0.213. The first-order valence-electron chi connectivity index (χ1n) is 4.35. The number of benzene rings is 1. The van der Waals surface area contributed by atoms with Gasteiger partial charge in [-0.05, 0) is 0 Å². The van der Waals surface area contributed by atoms with Crippen molar-refractivity contribution in [3.05, 3.63) is 29.6 Å². The van der Waals surface area contributed by atoms with E-state index in [1.54, 1.807) is 0 Å². The van der Waals surface area contributed by atoms with Gasteiger partial charge in [0.05, 0.1) is 5.69 Å². The molecule has 1 aromatic rings. The second-order valence-electron chi connectivity index (χ2n) is 3.14. The van der Waals surface area contributed by atoms with Crippen molar-refractivity contribution in [1.82, 2.24) is 0 Å². The summed E-state index contributed by atoms with van der Waals surface area (Å²) < 4.78 is 38.5. The molecule has 0 spiro atoms. The first-order valence-corrected chi connectivity index (χ1v) is 4.35. The van der Waals surface area contributed by atoms with E-state index in [2.05, 4.69) is 5.32 Å². The molecule has 0 saturated heterocycles. The van der Waals surface area contributed by atoms with Gasteiger partial charge in [0.2, 0.25) is 5.91 Å². The van der Waals surface area contributed by atoms with Crippen molar-refractivity contribution in [3.8, 4) is 0 Å². The van der Waals surface area contributed by atoms with E-state index in [4.69, 9.17) is 11.5 Å². The highest BCUT2D eigenvalue weighted by atomic mass is 19.2. The molecular weight excluding hydrogens is 223 g/mol. The van der Waals surface area contributed by atoms with E-state index in [9.17, 15) is 18.0 Å². The van der Waals surface area contributed by atoms with Crippen molar-refractivity contribution in [2.45, 2.75) is 6.04 Å². The van der Waals surface area contributed by atoms with Gasteiger partial charge in [-0.2, -0.15) is 0 Å². The van der Waals surface area contributed by atoms with Crippen LogP contribution in [-0.4, -0.2) is 18.5 Å². The lowest BCUT2D eigenvalue weighted by Crippen LogP contribution is -2.41. The largest absolute Gasteiger partial charge is 0.380 e. The number of nitrogens with two attached hydrogens (primary N) is 2. The smallest absolute Gasteiger partial charge is 0.236 e. The number of anilines is 1. The second kappa shape index (κ2) is 4.84. The van der Waals surface area contributed by atoms with Gasteiger partial charge in [0.15, 0.2) is 11.6 Å². The van der Waals surface area contributed by atoms with Crippen LogP contribution in [0.15, 0.2) is 12.1 Å². The van der Waals surface area contributed by atoms with Gasteiger partial charge in [0.1, 0.15) is 11.9 Å². The zero-order valence-electron chi connectivity index (χ0n) is 8.14. The van der Waals surface area contributed by atoms with Crippen LogP contribution in [0.1, 0.15) is 0 Å². The Hall–Kier alpha value is -1.76.